The van der Waals surface area contributed by atoms with Gasteiger partial charge >= 0.3 is 0 Å². The Morgan fingerprint density at radius 2 is 2.03 bits per heavy atom. The van der Waals surface area contributed by atoms with Crippen LogP contribution in [0, 0.1) is 11.8 Å². The molecule has 0 fully saturated rings. The zero-order chi connectivity index (χ0) is 25.2. The molecular formula is C24H27N7O4. The molecule has 4 rings (SSSR count). The fourth-order valence-corrected chi connectivity index (χ4v) is 3.55. The van der Waals surface area contributed by atoms with Crippen LogP contribution in [-0.4, -0.2) is 49.2 Å². The first kappa shape index (κ1) is 24.0. The first-order valence-corrected chi connectivity index (χ1v) is 11.0. The van der Waals surface area contributed by atoms with E-state index in [1.54, 1.807) is 27.0 Å². The molecule has 0 saturated carbocycles. The molecule has 0 spiro atoms. The van der Waals surface area contributed by atoms with Crippen LogP contribution in [-0.2, 0) is 6.54 Å². The Balaban J connectivity index is 1.87. The zero-order valence-corrected chi connectivity index (χ0v) is 19.9. The van der Waals surface area contributed by atoms with E-state index in [9.17, 15) is 5.11 Å². The second kappa shape index (κ2) is 9.61. The lowest BCUT2D eigenvalue weighted by molar-refractivity contribution is 0.143. The zero-order valence-electron chi connectivity index (χ0n) is 19.9. The van der Waals surface area contributed by atoms with E-state index >= 15 is 0 Å². The summed E-state index contributed by atoms with van der Waals surface area (Å²) in [7, 11) is 1.60. The summed E-state index contributed by atoms with van der Waals surface area (Å²) in [4.78, 5) is 9.28. The Morgan fingerprint density at radius 1 is 1.23 bits per heavy atom. The summed E-state index contributed by atoms with van der Waals surface area (Å²) >= 11 is 0. The molecule has 0 saturated heterocycles. The van der Waals surface area contributed by atoms with Gasteiger partial charge in [-0.15, -0.1) is 0 Å². The molecule has 11 heteroatoms. The molecule has 1 aromatic carbocycles. The molecule has 0 bridgehead atoms. The van der Waals surface area contributed by atoms with Gasteiger partial charge in [-0.05, 0) is 54.7 Å². The van der Waals surface area contributed by atoms with E-state index in [1.165, 1.54) is 0 Å². The number of benzene rings is 1. The van der Waals surface area contributed by atoms with E-state index in [-0.39, 0.29) is 12.4 Å². The number of hydrogen-bond acceptors (Lipinski definition) is 10. The first-order chi connectivity index (χ1) is 16.7. The predicted molar refractivity (Wildman–Crippen MR) is 129 cm³/mol. The van der Waals surface area contributed by atoms with Crippen LogP contribution in [0.5, 0.6) is 11.6 Å². The Hall–Kier alpha value is -4.14. The Labute approximate surface area is 202 Å². The number of aliphatic hydroxyl groups is 1. The highest BCUT2D eigenvalue weighted by molar-refractivity contribution is 5.86. The number of imidazole rings is 1. The summed E-state index contributed by atoms with van der Waals surface area (Å²) in [5, 5.41) is 17.7. The third-order valence-corrected chi connectivity index (χ3v) is 5.18. The molecular weight excluding hydrogens is 450 g/mol. The molecule has 0 amide bonds. The van der Waals surface area contributed by atoms with Crippen molar-refractivity contribution in [1.82, 2.24) is 24.8 Å². The molecule has 0 aliphatic carbocycles. The van der Waals surface area contributed by atoms with Crippen LogP contribution in [0.25, 0.3) is 22.6 Å². The SMILES string of the molecule is CCn1c(-c2nonc2N)nc2c(C#CC(C)(C)O)nc(OC(CN)c3cccc(OC)c3)cc21. The maximum absolute atomic E-state index is 10.2. The van der Waals surface area contributed by atoms with Gasteiger partial charge in [-0.25, -0.2) is 14.6 Å². The van der Waals surface area contributed by atoms with Crippen LogP contribution >= 0.6 is 0 Å². The maximum atomic E-state index is 10.2. The minimum atomic E-state index is -1.23. The summed E-state index contributed by atoms with van der Waals surface area (Å²) in [5.41, 5.74) is 13.4. The molecule has 5 N–H and O–H groups in total. The standard InChI is InChI=1S/C24H27N7O4/c1-5-31-17-12-19(34-18(13-25)14-7-6-8-15(11-14)33-4)27-16(9-10-24(2,3)32)20(17)28-23(31)21-22(26)30-35-29-21/h6-8,11-12,18,32H,5,13,25H2,1-4H3,(H2,26,30). The quantitative estimate of drug-likeness (QED) is 0.337. The molecule has 3 heterocycles. The van der Waals surface area contributed by atoms with Crippen LogP contribution < -0.4 is 20.9 Å². The van der Waals surface area contributed by atoms with Crippen molar-refractivity contribution < 1.29 is 19.2 Å². The van der Waals surface area contributed by atoms with Gasteiger partial charge in [0.15, 0.2) is 17.3 Å². The van der Waals surface area contributed by atoms with Gasteiger partial charge in [0.1, 0.15) is 28.7 Å². The van der Waals surface area contributed by atoms with Crippen LogP contribution in [0.3, 0.4) is 0 Å². The molecule has 3 aromatic heterocycles. The molecule has 11 nitrogen and oxygen atoms in total. The number of nitrogens with two attached hydrogens (primary N) is 2. The molecule has 182 valence electrons. The number of rotatable bonds is 7. The summed E-state index contributed by atoms with van der Waals surface area (Å²) in [6.07, 6.45) is -0.488. The lowest BCUT2D eigenvalue weighted by Gasteiger charge is -2.18. The van der Waals surface area contributed by atoms with Crippen molar-refractivity contribution in [1.29, 1.82) is 0 Å². The molecule has 1 unspecified atom stereocenters. The van der Waals surface area contributed by atoms with Crippen molar-refractivity contribution in [3.8, 4) is 35.0 Å². The highest BCUT2D eigenvalue weighted by Gasteiger charge is 2.23. The van der Waals surface area contributed by atoms with Crippen molar-refractivity contribution in [2.45, 2.75) is 39.0 Å². The van der Waals surface area contributed by atoms with E-state index in [4.69, 9.17) is 25.6 Å². The van der Waals surface area contributed by atoms with Crippen molar-refractivity contribution in [2.24, 2.45) is 5.73 Å². The Morgan fingerprint density at radius 3 is 2.66 bits per heavy atom. The summed E-state index contributed by atoms with van der Waals surface area (Å²) < 4.78 is 18.2. The molecule has 0 aliphatic heterocycles. The van der Waals surface area contributed by atoms with Crippen LogP contribution in [0.1, 0.15) is 38.1 Å². The predicted octanol–water partition coefficient (Wildman–Crippen LogP) is 2.29. The minimum absolute atomic E-state index is 0.116. The lowest BCUT2D eigenvalue weighted by Crippen LogP contribution is -2.19. The van der Waals surface area contributed by atoms with Gasteiger partial charge in [0.2, 0.25) is 5.88 Å². The largest absolute Gasteiger partial charge is 0.497 e. The molecule has 0 aliphatic rings. The number of aromatic nitrogens is 5. The van der Waals surface area contributed by atoms with Crippen LogP contribution in [0.4, 0.5) is 5.82 Å². The van der Waals surface area contributed by atoms with Crippen molar-refractivity contribution in [3.63, 3.8) is 0 Å². The minimum Gasteiger partial charge on any atom is -0.497 e. The third-order valence-electron chi connectivity index (χ3n) is 5.18. The fourth-order valence-electron chi connectivity index (χ4n) is 3.55. The van der Waals surface area contributed by atoms with Crippen molar-refractivity contribution in [3.05, 3.63) is 41.6 Å². The topological polar surface area (TPSA) is 160 Å². The molecule has 1 atom stereocenters. The highest BCUT2D eigenvalue weighted by atomic mass is 16.6. The summed E-state index contributed by atoms with van der Waals surface area (Å²) in [6.45, 7) is 5.87. The first-order valence-electron chi connectivity index (χ1n) is 11.0. The van der Waals surface area contributed by atoms with Gasteiger partial charge < -0.3 is 30.6 Å². The van der Waals surface area contributed by atoms with Crippen molar-refractivity contribution in [2.75, 3.05) is 19.4 Å². The van der Waals surface area contributed by atoms with Crippen molar-refractivity contribution >= 4 is 16.9 Å². The van der Waals surface area contributed by atoms with Gasteiger partial charge in [-0.3, -0.25) is 0 Å². The second-order valence-electron chi connectivity index (χ2n) is 8.28. The van der Waals surface area contributed by atoms with Gasteiger partial charge in [0, 0.05) is 19.2 Å². The third kappa shape index (κ3) is 5.03. The number of anilines is 1. The van der Waals surface area contributed by atoms with Gasteiger partial charge in [0.05, 0.1) is 12.6 Å². The van der Waals surface area contributed by atoms with Crippen LogP contribution in [0.15, 0.2) is 35.0 Å². The number of aryl methyl sites for hydroxylation is 1. The van der Waals surface area contributed by atoms with E-state index in [1.807, 2.05) is 35.8 Å². The highest BCUT2D eigenvalue weighted by Crippen LogP contribution is 2.31. The van der Waals surface area contributed by atoms with E-state index < -0.39 is 11.7 Å². The fraction of sp³-hybridized carbons (Fsp3) is 0.333. The number of methoxy groups -OCH3 is 1. The lowest BCUT2D eigenvalue weighted by atomic mass is 10.1. The monoisotopic (exact) mass is 477 g/mol. The number of hydrogen-bond donors (Lipinski definition) is 3. The molecule has 0 radical (unpaired) electrons. The molecule has 4 aromatic rings. The number of nitrogens with zero attached hydrogens (tertiary/aromatic N) is 5. The van der Waals surface area contributed by atoms with E-state index in [2.05, 4.69) is 32.1 Å². The summed E-state index contributed by atoms with van der Waals surface area (Å²) in [6, 6.07) is 9.24. The number of fused-ring (bicyclic) bond motifs is 1. The van der Waals surface area contributed by atoms with Gasteiger partial charge in [-0.1, -0.05) is 18.1 Å². The number of nitrogen functional groups attached to an aromatic ring is 1. The Kier molecular flexibility index (Phi) is 6.59. The number of ether oxygens (including phenoxy) is 2. The maximum Gasteiger partial charge on any atom is 0.217 e. The van der Waals surface area contributed by atoms with E-state index in [0.717, 1.165) is 5.56 Å². The summed E-state index contributed by atoms with van der Waals surface area (Å²) in [5.74, 6) is 7.28. The molecule has 35 heavy (non-hydrogen) atoms. The van der Waals surface area contributed by atoms with Gasteiger partial charge in [0.25, 0.3) is 0 Å². The van der Waals surface area contributed by atoms with E-state index in [0.29, 0.717) is 46.4 Å². The smallest absolute Gasteiger partial charge is 0.217 e. The second-order valence-corrected chi connectivity index (χ2v) is 8.28. The Bertz CT molecular complexity index is 1410. The normalized spacial score (nSPS) is 12.3. The van der Waals surface area contributed by atoms with Gasteiger partial charge in [-0.2, -0.15) is 0 Å². The average Bonchev–Trinajstić information content (AvgIpc) is 3.43. The van der Waals surface area contributed by atoms with Crippen LogP contribution in [0.2, 0.25) is 0 Å². The average molecular weight is 478 g/mol. The number of pyridine rings is 1.